The van der Waals surface area contributed by atoms with Crippen LogP contribution in [0.2, 0.25) is 0 Å². The van der Waals surface area contributed by atoms with Crippen LogP contribution in [-0.2, 0) is 0 Å². The fourth-order valence-corrected chi connectivity index (χ4v) is 0.651. The number of nitrogens with two attached hydrogens (primary N) is 1. The van der Waals surface area contributed by atoms with Crippen LogP contribution in [-0.4, -0.2) is 22.9 Å². The number of alkyl halides is 2. The molecule has 0 aliphatic carbocycles. The van der Waals surface area contributed by atoms with Crippen LogP contribution >= 0.6 is 0 Å². The zero-order valence-corrected chi connectivity index (χ0v) is 6.17. The third-order valence-electron chi connectivity index (χ3n) is 1.13. The van der Waals surface area contributed by atoms with Gasteiger partial charge in [0, 0.05) is 6.07 Å². The highest BCUT2D eigenvalue weighted by Gasteiger charge is 2.01. The van der Waals surface area contributed by atoms with Gasteiger partial charge in [-0.1, -0.05) is 0 Å². The summed E-state index contributed by atoms with van der Waals surface area (Å²) in [4.78, 5) is 7.28. The molecule has 0 bridgehead atoms. The minimum absolute atomic E-state index is 0.252. The van der Waals surface area contributed by atoms with Gasteiger partial charge < -0.3 is 11.1 Å². The van der Waals surface area contributed by atoms with Gasteiger partial charge in [0.25, 0.3) is 6.43 Å². The first kappa shape index (κ1) is 8.63. The molecule has 0 amide bonds. The molecular formula is C6H8F2N4. The van der Waals surface area contributed by atoms with Gasteiger partial charge >= 0.3 is 0 Å². The summed E-state index contributed by atoms with van der Waals surface area (Å²) in [7, 11) is 0. The lowest BCUT2D eigenvalue weighted by atomic mass is 10.5. The average Bonchev–Trinajstić information content (AvgIpc) is 2.01. The summed E-state index contributed by atoms with van der Waals surface area (Å²) >= 11 is 0. The summed E-state index contributed by atoms with van der Waals surface area (Å²) in [6, 6.07) is 1.39. The van der Waals surface area contributed by atoms with Crippen molar-refractivity contribution in [3.05, 3.63) is 12.4 Å². The number of aromatic nitrogens is 2. The van der Waals surface area contributed by atoms with Crippen LogP contribution in [0.3, 0.4) is 0 Å². The van der Waals surface area contributed by atoms with E-state index < -0.39 is 13.0 Å². The maximum absolute atomic E-state index is 11.7. The molecule has 0 aromatic carbocycles. The molecule has 1 rings (SSSR count). The quantitative estimate of drug-likeness (QED) is 0.709. The molecule has 0 fully saturated rings. The highest BCUT2D eigenvalue weighted by Crippen LogP contribution is 2.05. The number of rotatable bonds is 3. The van der Waals surface area contributed by atoms with Crippen LogP contribution in [0.25, 0.3) is 0 Å². The maximum atomic E-state index is 11.7. The average molecular weight is 174 g/mol. The fraction of sp³-hybridized carbons (Fsp3) is 0.333. The van der Waals surface area contributed by atoms with Gasteiger partial charge in [-0.3, -0.25) is 0 Å². The topological polar surface area (TPSA) is 63.8 Å². The van der Waals surface area contributed by atoms with Crippen molar-refractivity contribution in [2.75, 3.05) is 17.6 Å². The highest BCUT2D eigenvalue weighted by molar-refractivity contribution is 5.43. The van der Waals surface area contributed by atoms with Crippen molar-refractivity contribution in [1.82, 2.24) is 9.97 Å². The molecular weight excluding hydrogens is 166 g/mol. The molecule has 0 saturated carbocycles. The molecule has 1 aromatic rings. The van der Waals surface area contributed by atoms with Gasteiger partial charge in [0.05, 0.1) is 6.54 Å². The van der Waals surface area contributed by atoms with Gasteiger partial charge in [0.1, 0.15) is 18.0 Å². The SMILES string of the molecule is Nc1cc(NCC(F)F)ncn1. The third kappa shape index (κ3) is 2.65. The molecule has 0 aliphatic rings. The highest BCUT2D eigenvalue weighted by atomic mass is 19.3. The van der Waals surface area contributed by atoms with Crippen molar-refractivity contribution in [2.24, 2.45) is 0 Å². The monoisotopic (exact) mass is 174 g/mol. The smallest absolute Gasteiger partial charge is 0.255 e. The standard InChI is InChI=1S/C6H8F2N4/c7-4(8)2-10-6-1-5(9)11-3-12-6/h1,3-4H,2H2,(H3,9,10,11,12). The molecule has 0 unspecified atom stereocenters. The molecule has 0 aliphatic heterocycles. The Morgan fingerprint density at radius 2 is 2.25 bits per heavy atom. The first-order valence-corrected chi connectivity index (χ1v) is 3.28. The summed E-state index contributed by atoms with van der Waals surface area (Å²) in [5.74, 6) is 0.560. The van der Waals surface area contributed by atoms with E-state index >= 15 is 0 Å². The van der Waals surface area contributed by atoms with E-state index in [0.29, 0.717) is 5.82 Å². The predicted octanol–water partition coefficient (Wildman–Crippen LogP) is 0.736. The van der Waals surface area contributed by atoms with E-state index in [-0.39, 0.29) is 5.82 Å². The van der Waals surface area contributed by atoms with Gasteiger partial charge in [-0.15, -0.1) is 0 Å². The summed E-state index contributed by atoms with van der Waals surface area (Å²) < 4.78 is 23.4. The van der Waals surface area contributed by atoms with E-state index in [1.807, 2.05) is 0 Å². The van der Waals surface area contributed by atoms with Crippen LogP contribution in [0.1, 0.15) is 0 Å². The van der Waals surface area contributed by atoms with Crippen LogP contribution < -0.4 is 11.1 Å². The van der Waals surface area contributed by atoms with E-state index in [1.54, 1.807) is 0 Å². The molecule has 1 heterocycles. The first-order valence-electron chi connectivity index (χ1n) is 3.28. The predicted molar refractivity (Wildman–Crippen MR) is 40.9 cm³/mol. The maximum Gasteiger partial charge on any atom is 0.255 e. The molecule has 4 nitrogen and oxygen atoms in total. The van der Waals surface area contributed by atoms with E-state index in [9.17, 15) is 8.78 Å². The van der Waals surface area contributed by atoms with E-state index in [4.69, 9.17) is 5.73 Å². The summed E-state index contributed by atoms with van der Waals surface area (Å²) in [6.45, 7) is -0.434. The van der Waals surface area contributed by atoms with Crippen LogP contribution in [0.15, 0.2) is 12.4 Å². The Kier molecular flexibility index (Phi) is 2.73. The number of hydrogen-bond acceptors (Lipinski definition) is 4. The zero-order chi connectivity index (χ0) is 8.97. The van der Waals surface area contributed by atoms with Crippen molar-refractivity contribution in [3.63, 3.8) is 0 Å². The van der Waals surface area contributed by atoms with Crippen molar-refractivity contribution in [2.45, 2.75) is 6.43 Å². The molecule has 3 N–H and O–H groups in total. The molecule has 12 heavy (non-hydrogen) atoms. The molecule has 0 radical (unpaired) electrons. The zero-order valence-electron chi connectivity index (χ0n) is 6.17. The van der Waals surface area contributed by atoms with Gasteiger partial charge in [0.2, 0.25) is 0 Å². The number of nitrogens with one attached hydrogen (secondary N) is 1. The van der Waals surface area contributed by atoms with Crippen molar-refractivity contribution >= 4 is 11.6 Å². The van der Waals surface area contributed by atoms with Crippen molar-refractivity contribution < 1.29 is 8.78 Å². The second kappa shape index (κ2) is 3.80. The first-order chi connectivity index (χ1) is 5.68. The number of anilines is 2. The van der Waals surface area contributed by atoms with Crippen LogP contribution in [0.5, 0.6) is 0 Å². The van der Waals surface area contributed by atoms with E-state index in [0.717, 1.165) is 0 Å². The largest absolute Gasteiger partial charge is 0.384 e. The Morgan fingerprint density at radius 1 is 1.50 bits per heavy atom. The lowest BCUT2D eigenvalue weighted by Crippen LogP contribution is -2.11. The minimum atomic E-state index is -2.40. The van der Waals surface area contributed by atoms with Crippen LogP contribution in [0.4, 0.5) is 20.4 Å². The second-order valence-electron chi connectivity index (χ2n) is 2.10. The van der Waals surface area contributed by atoms with Gasteiger partial charge in [-0.05, 0) is 0 Å². The van der Waals surface area contributed by atoms with Crippen molar-refractivity contribution in [1.29, 1.82) is 0 Å². The normalized spacial score (nSPS) is 10.2. The van der Waals surface area contributed by atoms with Gasteiger partial charge in [-0.25, -0.2) is 18.7 Å². The minimum Gasteiger partial charge on any atom is -0.384 e. The van der Waals surface area contributed by atoms with Gasteiger partial charge in [-0.2, -0.15) is 0 Å². The van der Waals surface area contributed by atoms with E-state index in [2.05, 4.69) is 15.3 Å². The lowest BCUT2D eigenvalue weighted by Gasteiger charge is -2.03. The Morgan fingerprint density at radius 3 is 2.83 bits per heavy atom. The molecule has 0 atom stereocenters. The summed E-state index contributed by atoms with van der Waals surface area (Å²) in [5, 5.41) is 2.40. The Bertz CT molecular complexity index is 253. The number of nitrogen functional groups attached to an aromatic ring is 1. The Balaban J connectivity index is 2.52. The molecule has 1 aromatic heterocycles. The third-order valence-corrected chi connectivity index (χ3v) is 1.13. The number of halogens is 2. The van der Waals surface area contributed by atoms with Crippen molar-refractivity contribution in [3.8, 4) is 0 Å². The van der Waals surface area contributed by atoms with E-state index in [1.165, 1.54) is 12.4 Å². The molecule has 6 heteroatoms. The molecule has 0 spiro atoms. The van der Waals surface area contributed by atoms with Crippen LogP contribution in [0, 0.1) is 0 Å². The van der Waals surface area contributed by atoms with Gasteiger partial charge in [0.15, 0.2) is 0 Å². The molecule has 0 saturated heterocycles. The molecule has 66 valence electrons. The summed E-state index contributed by atoms with van der Waals surface area (Å²) in [6.07, 6.45) is -1.19. The number of nitrogens with zero attached hydrogens (tertiary/aromatic N) is 2. The second-order valence-corrected chi connectivity index (χ2v) is 2.10. The lowest BCUT2D eigenvalue weighted by molar-refractivity contribution is 0.163. The Labute approximate surface area is 67.8 Å². The number of hydrogen-bond donors (Lipinski definition) is 2. The summed E-state index contributed by atoms with van der Waals surface area (Å²) in [5.41, 5.74) is 5.29. The fourth-order valence-electron chi connectivity index (χ4n) is 0.651. The Hall–Kier alpha value is -1.46.